The minimum atomic E-state index is -1.31. The summed E-state index contributed by atoms with van der Waals surface area (Å²) < 4.78 is 0. The number of β-lactam (4-membered cyclic amide) rings is 1. The van der Waals surface area contributed by atoms with Gasteiger partial charge in [-0.25, -0.2) is 9.78 Å². The molecule has 0 radical (unpaired) electrons. The number of nitrogens with two attached hydrogens (primary N) is 1. The largest absolute Gasteiger partial charge is 0.480 e. The predicted molar refractivity (Wildman–Crippen MR) is 114 cm³/mol. The predicted octanol–water partition coefficient (Wildman–Crippen LogP) is 0.0460. The fourth-order valence-electron chi connectivity index (χ4n) is 2.70. The Hall–Kier alpha value is -2.87. The summed E-state index contributed by atoms with van der Waals surface area (Å²) >= 11 is 2.35. The molecule has 3 atom stereocenters. The summed E-state index contributed by atoms with van der Waals surface area (Å²) in [6.45, 7) is 4.59. The third kappa shape index (κ3) is 5.85. The molecule has 0 aromatic carbocycles. The second kappa shape index (κ2) is 10.4. The second-order valence-corrected chi connectivity index (χ2v) is 9.06. The van der Waals surface area contributed by atoms with Crippen molar-refractivity contribution in [1.82, 2.24) is 15.2 Å². The van der Waals surface area contributed by atoms with Crippen LogP contribution in [0.25, 0.3) is 0 Å². The average molecular weight is 474 g/mol. The first kappa shape index (κ1) is 24.4. The van der Waals surface area contributed by atoms with Crippen LogP contribution in [0.4, 0.5) is 5.13 Å². The van der Waals surface area contributed by atoms with Gasteiger partial charge >= 0.3 is 11.9 Å². The van der Waals surface area contributed by atoms with Crippen molar-refractivity contribution in [3.63, 3.8) is 0 Å². The fraction of sp³-hybridized carbons (Fsp3) is 0.529. The van der Waals surface area contributed by atoms with Crippen LogP contribution >= 0.6 is 23.1 Å². The number of anilines is 1. The summed E-state index contributed by atoms with van der Waals surface area (Å²) in [5, 5.41) is 25.5. The SMILES string of the molecule is CCSC1C(NC(=O)/C(=N\OC(C(=O)O)C(C)C)c2csc(N)n2)C(=O)N1CC(=O)O. The van der Waals surface area contributed by atoms with Gasteiger partial charge in [0.1, 0.15) is 23.7 Å². The standard InChI is InChI=1S/C17H23N5O7S2/c1-4-30-15-11(14(26)22(15)5-9(23)24)20-13(25)10(8-6-31-17(18)19-8)21-29-12(7(2)3)16(27)28/h6-7,11-12,15H,4-5H2,1-3H3,(H2,18,19)(H,20,25)(H,23,24)(H,27,28)/b21-10-. The van der Waals surface area contributed by atoms with Crippen LogP contribution in [0.2, 0.25) is 0 Å². The van der Waals surface area contributed by atoms with Crippen molar-refractivity contribution in [2.24, 2.45) is 11.1 Å². The van der Waals surface area contributed by atoms with E-state index < -0.39 is 53.7 Å². The topological polar surface area (TPSA) is 185 Å². The Bertz CT molecular complexity index is 888. The lowest BCUT2D eigenvalue weighted by Gasteiger charge is -2.45. The number of nitrogens with one attached hydrogen (secondary N) is 1. The first-order valence-corrected chi connectivity index (χ1v) is 11.1. The number of carboxylic acids is 2. The van der Waals surface area contributed by atoms with Crippen molar-refractivity contribution in [3.05, 3.63) is 11.1 Å². The first-order chi connectivity index (χ1) is 14.6. The van der Waals surface area contributed by atoms with Gasteiger partial charge in [0.25, 0.3) is 5.91 Å². The number of aromatic nitrogens is 1. The highest BCUT2D eigenvalue weighted by molar-refractivity contribution is 8.00. The number of aliphatic carboxylic acids is 2. The van der Waals surface area contributed by atoms with Crippen LogP contribution in [-0.2, 0) is 24.0 Å². The van der Waals surface area contributed by atoms with Gasteiger partial charge in [-0.15, -0.1) is 23.1 Å². The second-order valence-electron chi connectivity index (χ2n) is 6.78. The van der Waals surface area contributed by atoms with E-state index in [1.165, 1.54) is 17.1 Å². The van der Waals surface area contributed by atoms with Crippen LogP contribution in [-0.4, -0.2) is 79.4 Å². The van der Waals surface area contributed by atoms with E-state index in [1.807, 2.05) is 6.92 Å². The first-order valence-electron chi connectivity index (χ1n) is 9.19. The van der Waals surface area contributed by atoms with E-state index >= 15 is 0 Å². The molecule has 1 saturated heterocycles. The Balaban J connectivity index is 2.25. The molecule has 1 aromatic rings. The quantitative estimate of drug-likeness (QED) is 0.194. The molecular formula is C17H23N5O7S2. The van der Waals surface area contributed by atoms with E-state index in [0.29, 0.717) is 5.75 Å². The number of carboxylic acid groups (broad SMARTS) is 2. The number of rotatable bonds is 11. The van der Waals surface area contributed by atoms with Crippen LogP contribution in [0.5, 0.6) is 0 Å². The Morgan fingerprint density at radius 2 is 2.10 bits per heavy atom. The van der Waals surface area contributed by atoms with Crippen molar-refractivity contribution in [2.45, 2.75) is 38.3 Å². The van der Waals surface area contributed by atoms with Crippen molar-refractivity contribution in [2.75, 3.05) is 18.0 Å². The van der Waals surface area contributed by atoms with Crippen LogP contribution < -0.4 is 11.1 Å². The maximum Gasteiger partial charge on any atom is 0.348 e. The highest BCUT2D eigenvalue weighted by atomic mass is 32.2. The molecule has 2 amide bonds. The van der Waals surface area contributed by atoms with E-state index in [2.05, 4.69) is 15.5 Å². The number of likely N-dealkylation sites (tertiary alicyclic amines) is 1. The van der Waals surface area contributed by atoms with Gasteiger partial charge in [-0.3, -0.25) is 14.4 Å². The molecule has 170 valence electrons. The Labute approximate surface area is 185 Å². The zero-order valence-corrected chi connectivity index (χ0v) is 18.6. The maximum absolute atomic E-state index is 12.9. The third-order valence-corrected chi connectivity index (χ3v) is 6.03. The number of hydrogen-bond acceptors (Lipinski definition) is 10. The number of oxime groups is 1. The minimum absolute atomic E-state index is 0.0572. The molecule has 31 heavy (non-hydrogen) atoms. The van der Waals surface area contributed by atoms with E-state index in [4.69, 9.17) is 15.7 Å². The molecule has 1 aliphatic rings. The molecule has 12 nitrogen and oxygen atoms in total. The summed E-state index contributed by atoms with van der Waals surface area (Å²) in [7, 11) is 0. The normalized spacial score (nSPS) is 19.7. The highest BCUT2D eigenvalue weighted by Crippen LogP contribution is 2.30. The molecule has 0 spiro atoms. The summed E-state index contributed by atoms with van der Waals surface area (Å²) in [5.41, 5.74) is 5.34. The number of hydrogen-bond donors (Lipinski definition) is 4. The molecule has 0 aliphatic carbocycles. The van der Waals surface area contributed by atoms with Gasteiger partial charge in [-0.1, -0.05) is 25.9 Å². The van der Waals surface area contributed by atoms with Gasteiger partial charge in [0.15, 0.2) is 10.8 Å². The number of carbonyl (C=O) groups is 4. The van der Waals surface area contributed by atoms with Crippen molar-refractivity contribution in [3.8, 4) is 0 Å². The van der Waals surface area contributed by atoms with Gasteiger partial charge in [-0.05, 0) is 5.75 Å². The van der Waals surface area contributed by atoms with E-state index in [0.717, 1.165) is 16.2 Å². The smallest absolute Gasteiger partial charge is 0.348 e. The van der Waals surface area contributed by atoms with E-state index in [1.54, 1.807) is 13.8 Å². The lowest BCUT2D eigenvalue weighted by molar-refractivity contribution is -0.155. The van der Waals surface area contributed by atoms with Crippen LogP contribution in [0.3, 0.4) is 0 Å². The molecular weight excluding hydrogens is 450 g/mol. The summed E-state index contributed by atoms with van der Waals surface area (Å²) in [6.07, 6.45) is -1.31. The van der Waals surface area contributed by atoms with E-state index in [-0.39, 0.29) is 16.5 Å². The molecule has 1 aromatic heterocycles. The van der Waals surface area contributed by atoms with Gasteiger partial charge in [0.2, 0.25) is 12.0 Å². The number of thioether (sulfide) groups is 1. The van der Waals surface area contributed by atoms with E-state index in [9.17, 15) is 24.3 Å². The minimum Gasteiger partial charge on any atom is -0.480 e. The van der Waals surface area contributed by atoms with Crippen molar-refractivity contribution in [1.29, 1.82) is 0 Å². The molecule has 5 N–H and O–H groups in total. The number of amides is 2. The van der Waals surface area contributed by atoms with Crippen LogP contribution in [0, 0.1) is 5.92 Å². The molecule has 1 aliphatic heterocycles. The van der Waals surface area contributed by atoms with Gasteiger partial charge < -0.3 is 31.0 Å². The number of carbonyl (C=O) groups excluding carboxylic acids is 2. The molecule has 0 saturated carbocycles. The summed E-state index contributed by atoms with van der Waals surface area (Å²) in [5.74, 6) is -3.65. The Morgan fingerprint density at radius 3 is 2.58 bits per heavy atom. The monoisotopic (exact) mass is 473 g/mol. The van der Waals surface area contributed by atoms with Gasteiger partial charge in [0.05, 0.1) is 0 Å². The summed E-state index contributed by atoms with van der Waals surface area (Å²) in [4.78, 5) is 57.8. The van der Waals surface area contributed by atoms with Gasteiger partial charge in [-0.2, -0.15) is 0 Å². The van der Waals surface area contributed by atoms with Crippen molar-refractivity contribution < 1.29 is 34.2 Å². The maximum atomic E-state index is 12.9. The lowest BCUT2D eigenvalue weighted by Crippen LogP contribution is -2.70. The zero-order valence-electron chi connectivity index (χ0n) is 17.0. The average Bonchev–Trinajstić information content (AvgIpc) is 3.11. The molecule has 14 heteroatoms. The summed E-state index contributed by atoms with van der Waals surface area (Å²) in [6, 6.07) is -0.974. The molecule has 3 unspecified atom stereocenters. The number of thiazole rings is 1. The molecule has 0 bridgehead atoms. The Kier molecular flexibility index (Phi) is 8.21. The molecule has 1 fully saturated rings. The zero-order chi connectivity index (χ0) is 23.3. The fourth-order valence-corrected chi connectivity index (χ4v) is 4.32. The van der Waals surface area contributed by atoms with Crippen LogP contribution in [0.15, 0.2) is 10.5 Å². The molecule has 2 rings (SSSR count). The highest BCUT2D eigenvalue weighted by Gasteiger charge is 2.49. The Morgan fingerprint density at radius 1 is 1.42 bits per heavy atom. The van der Waals surface area contributed by atoms with Crippen molar-refractivity contribution >= 4 is 57.7 Å². The van der Waals surface area contributed by atoms with Gasteiger partial charge in [0, 0.05) is 11.3 Å². The number of nitrogen functional groups attached to an aromatic ring is 1. The third-order valence-electron chi connectivity index (χ3n) is 4.16. The van der Waals surface area contributed by atoms with Crippen LogP contribution in [0.1, 0.15) is 26.5 Å². The number of nitrogens with zero attached hydrogens (tertiary/aromatic N) is 3. The lowest BCUT2D eigenvalue weighted by atomic mass is 10.1. The molecule has 2 heterocycles.